The number of carbonyl (C=O) groups excluding carboxylic acids is 1. The number of rotatable bonds is 7. The van der Waals surface area contributed by atoms with Gasteiger partial charge in [-0.3, -0.25) is 4.79 Å². The van der Waals surface area contributed by atoms with Gasteiger partial charge in [0.15, 0.2) is 16.4 Å². The Morgan fingerprint density at radius 3 is 2.66 bits per heavy atom. The van der Waals surface area contributed by atoms with Gasteiger partial charge in [0.1, 0.15) is 5.75 Å². The highest BCUT2D eigenvalue weighted by Crippen LogP contribution is 2.22. The number of sulfone groups is 1. The van der Waals surface area contributed by atoms with E-state index in [4.69, 9.17) is 4.74 Å². The van der Waals surface area contributed by atoms with Gasteiger partial charge in [0.2, 0.25) is 0 Å². The molecule has 2 aliphatic heterocycles. The van der Waals surface area contributed by atoms with E-state index in [9.17, 15) is 13.2 Å². The zero-order valence-electron chi connectivity index (χ0n) is 17.8. The first-order chi connectivity index (χ1) is 13.8. The summed E-state index contributed by atoms with van der Waals surface area (Å²) >= 11 is 0. The average molecular weight is 425 g/mol. The van der Waals surface area contributed by atoms with Crippen LogP contribution in [0.5, 0.6) is 5.75 Å². The maximum atomic E-state index is 13.1. The molecular formula is C21H34N3O4S+. The standard InChI is InChI=1S/C21H33N3O4S/c1-4-17(2)24(19-8-13-29(26,27)16-19)21(25)15-22-9-11-23(12-10-22)18-6-5-7-20(14-18)28-3/h5-7,14,17,19H,4,8-13,15-16H2,1-3H3/p+1/t17-,19+/m1/s1. The highest BCUT2D eigenvalue weighted by Gasteiger charge is 2.38. The topological polar surface area (TPSA) is 71.4 Å². The Hall–Kier alpha value is -1.80. The first kappa shape index (κ1) is 21.9. The maximum absolute atomic E-state index is 13.1. The Balaban J connectivity index is 1.58. The fourth-order valence-corrected chi connectivity index (χ4v) is 6.08. The highest BCUT2D eigenvalue weighted by atomic mass is 32.2. The molecule has 1 aromatic carbocycles. The second-order valence-corrected chi connectivity index (χ2v) is 10.5. The number of benzene rings is 1. The summed E-state index contributed by atoms with van der Waals surface area (Å²) in [6, 6.07) is 7.97. The van der Waals surface area contributed by atoms with Crippen LogP contribution in [0, 0.1) is 0 Å². The normalized spacial score (nSPS) is 23.0. The van der Waals surface area contributed by atoms with Crippen LogP contribution in [0.25, 0.3) is 0 Å². The highest BCUT2D eigenvalue weighted by molar-refractivity contribution is 7.91. The summed E-state index contributed by atoms with van der Waals surface area (Å²) in [7, 11) is -1.34. The van der Waals surface area contributed by atoms with Gasteiger partial charge in [-0.15, -0.1) is 0 Å². The number of quaternary nitrogens is 1. The number of methoxy groups -OCH3 is 1. The van der Waals surface area contributed by atoms with Gasteiger partial charge >= 0.3 is 0 Å². The first-order valence-corrected chi connectivity index (χ1v) is 12.4. The number of carbonyl (C=O) groups is 1. The lowest BCUT2D eigenvalue weighted by molar-refractivity contribution is -0.892. The third-order valence-corrected chi connectivity index (χ3v) is 8.00. The van der Waals surface area contributed by atoms with Crippen LogP contribution in [0.1, 0.15) is 26.7 Å². The third-order valence-electron chi connectivity index (χ3n) is 6.25. The minimum absolute atomic E-state index is 0.0678. The molecule has 1 amide bonds. The molecule has 2 atom stereocenters. The summed E-state index contributed by atoms with van der Waals surface area (Å²) in [4.78, 5) is 18.6. The molecule has 2 saturated heterocycles. The number of nitrogens with one attached hydrogen (secondary N) is 1. The van der Waals surface area contributed by atoms with E-state index in [0.29, 0.717) is 13.0 Å². The van der Waals surface area contributed by atoms with Crippen molar-refractivity contribution < 1.29 is 22.8 Å². The Bertz CT molecular complexity index is 806. The van der Waals surface area contributed by atoms with Crippen LogP contribution in [-0.4, -0.2) is 82.6 Å². The van der Waals surface area contributed by atoms with Crippen LogP contribution in [0.2, 0.25) is 0 Å². The van der Waals surface area contributed by atoms with Gasteiger partial charge in [-0.1, -0.05) is 13.0 Å². The van der Waals surface area contributed by atoms with E-state index in [2.05, 4.69) is 11.0 Å². The van der Waals surface area contributed by atoms with E-state index in [1.807, 2.05) is 36.9 Å². The molecule has 1 N–H and O–H groups in total. The average Bonchev–Trinajstić information content (AvgIpc) is 3.07. The van der Waals surface area contributed by atoms with Gasteiger partial charge in [0, 0.05) is 23.8 Å². The summed E-state index contributed by atoms with van der Waals surface area (Å²) in [5, 5.41) is 0. The fraction of sp³-hybridized carbons (Fsp3) is 0.667. The number of hydrogen-bond acceptors (Lipinski definition) is 5. The molecule has 7 nitrogen and oxygen atoms in total. The lowest BCUT2D eigenvalue weighted by Gasteiger charge is -2.37. The van der Waals surface area contributed by atoms with Crippen LogP contribution < -0.4 is 14.5 Å². The van der Waals surface area contributed by atoms with Crippen LogP contribution in [-0.2, 0) is 14.6 Å². The van der Waals surface area contributed by atoms with Crippen molar-refractivity contribution in [2.45, 2.75) is 38.8 Å². The molecule has 2 heterocycles. The maximum Gasteiger partial charge on any atom is 0.278 e. The summed E-state index contributed by atoms with van der Waals surface area (Å²) in [6.07, 6.45) is 1.40. The van der Waals surface area contributed by atoms with Gasteiger partial charge in [-0.05, 0) is 31.9 Å². The van der Waals surface area contributed by atoms with E-state index >= 15 is 0 Å². The molecule has 3 rings (SSSR count). The van der Waals surface area contributed by atoms with Crippen molar-refractivity contribution in [1.82, 2.24) is 4.90 Å². The van der Waals surface area contributed by atoms with E-state index in [-0.39, 0.29) is 29.5 Å². The van der Waals surface area contributed by atoms with Gasteiger partial charge in [-0.25, -0.2) is 8.42 Å². The lowest BCUT2D eigenvalue weighted by atomic mass is 10.1. The Kier molecular flexibility index (Phi) is 7.05. The molecule has 0 bridgehead atoms. The summed E-state index contributed by atoms with van der Waals surface area (Å²) in [6.45, 7) is 8.06. The van der Waals surface area contributed by atoms with E-state index in [0.717, 1.165) is 44.0 Å². The molecule has 0 aromatic heterocycles. The van der Waals surface area contributed by atoms with Crippen molar-refractivity contribution in [3.63, 3.8) is 0 Å². The van der Waals surface area contributed by atoms with Crippen molar-refractivity contribution >= 4 is 21.4 Å². The quantitative estimate of drug-likeness (QED) is 0.678. The Morgan fingerprint density at radius 1 is 1.34 bits per heavy atom. The van der Waals surface area contributed by atoms with Gasteiger partial charge in [0.05, 0.1) is 44.8 Å². The zero-order valence-corrected chi connectivity index (χ0v) is 18.6. The molecule has 0 unspecified atom stereocenters. The number of nitrogens with zero attached hydrogens (tertiary/aromatic N) is 2. The summed E-state index contributed by atoms with van der Waals surface area (Å²) in [5.41, 5.74) is 1.15. The van der Waals surface area contributed by atoms with Gasteiger partial charge in [-0.2, -0.15) is 0 Å². The van der Waals surface area contributed by atoms with E-state index in [1.54, 1.807) is 7.11 Å². The molecule has 0 aliphatic carbocycles. The van der Waals surface area contributed by atoms with E-state index < -0.39 is 9.84 Å². The smallest absolute Gasteiger partial charge is 0.278 e. The third kappa shape index (κ3) is 5.42. The molecule has 2 fully saturated rings. The SMILES string of the molecule is CC[C@@H](C)N(C(=O)C[NH+]1CCN(c2cccc(OC)c2)CC1)[C@H]1CCS(=O)(=O)C1. The minimum atomic E-state index is -3.01. The molecular weight excluding hydrogens is 390 g/mol. The fourth-order valence-electron chi connectivity index (χ4n) is 4.37. The van der Waals surface area contributed by atoms with Crippen LogP contribution >= 0.6 is 0 Å². The summed E-state index contributed by atoms with van der Waals surface area (Å²) in [5.74, 6) is 1.25. The molecule has 1 aromatic rings. The molecule has 2 aliphatic rings. The number of anilines is 1. The Morgan fingerprint density at radius 2 is 2.07 bits per heavy atom. The molecule has 8 heteroatoms. The van der Waals surface area contributed by atoms with E-state index in [1.165, 1.54) is 4.90 Å². The van der Waals surface area contributed by atoms with Crippen LogP contribution in [0.3, 0.4) is 0 Å². The second kappa shape index (κ2) is 9.34. The first-order valence-electron chi connectivity index (χ1n) is 10.6. The number of piperazine rings is 1. The van der Waals surface area contributed by atoms with Gasteiger partial charge in [0.25, 0.3) is 5.91 Å². The van der Waals surface area contributed by atoms with Crippen molar-refractivity contribution in [3.8, 4) is 5.75 Å². The van der Waals surface area contributed by atoms with Crippen molar-refractivity contribution in [3.05, 3.63) is 24.3 Å². The minimum Gasteiger partial charge on any atom is -0.497 e. The lowest BCUT2D eigenvalue weighted by Crippen LogP contribution is -3.16. The zero-order chi connectivity index (χ0) is 21.0. The second-order valence-electron chi connectivity index (χ2n) is 8.23. The summed E-state index contributed by atoms with van der Waals surface area (Å²) < 4.78 is 29.2. The predicted octanol–water partition coefficient (Wildman–Crippen LogP) is 0.214. The van der Waals surface area contributed by atoms with Gasteiger partial charge < -0.3 is 19.4 Å². The molecule has 162 valence electrons. The molecule has 29 heavy (non-hydrogen) atoms. The molecule has 0 spiro atoms. The largest absolute Gasteiger partial charge is 0.497 e. The van der Waals surface area contributed by atoms with Crippen molar-refractivity contribution in [2.75, 3.05) is 56.2 Å². The van der Waals surface area contributed by atoms with Crippen LogP contribution in [0.4, 0.5) is 5.69 Å². The number of ether oxygens (including phenoxy) is 1. The van der Waals surface area contributed by atoms with Crippen molar-refractivity contribution in [1.29, 1.82) is 0 Å². The molecule has 0 radical (unpaired) electrons. The predicted molar refractivity (Wildman–Crippen MR) is 114 cm³/mol. The van der Waals surface area contributed by atoms with Crippen LogP contribution in [0.15, 0.2) is 24.3 Å². The van der Waals surface area contributed by atoms with Crippen molar-refractivity contribution in [2.24, 2.45) is 0 Å². The number of amides is 1. The monoisotopic (exact) mass is 424 g/mol. The molecule has 0 saturated carbocycles. The number of hydrogen-bond donors (Lipinski definition) is 1. The Labute approximate surface area is 174 Å².